The summed E-state index contributed by atoms with van der Waals surface area (Å²) in [5.41, 5.74) is 3.46. The molecule has 0 aliphatic rings. The summed E-state index contributed by atoms with van der Waals surface area (Å²) in [6.07, 6.45) is 0. The minimum Gasteiger partial charge on any atom is -0.452 e. The largest absolute Gasteiger partial charge is 0.452 e. The van der Waals surface area contributed by atoms with Crippen molar-refractivity contribution in [2.24, 2.45) is 0 Å². The molecule has 0 bridgehead atoms. The average molecular weight is 436 g/mol. The summed E-state index contributed by atoms with van der Waals surface area (Å²) < 4.78 is 10.5. The van der Waals surface area contributed by atoms with Crippen LogP contribution in [0.3, 0.4) is 0 Å². The summed E-state index contributed by atoms with van der Waals surface area (Å²) in [5, 5.41) is 9.05. The van der Waals surface area contributed by atoms with E-state index in [0.29, 0.717) is 28.4 Å². The first-order chi connectivity index (χ1) is 14.9. The molecule has 1 amide bonds. The van der Waals surface area contributed by atoms with E-state index in [-0.39, 0.29) is 11.3 Å². The number of fused-ring (bicyclic) bond motifs is 1. The van der Waals surface area contributed by atoms with Crippen molar-refractivity contribution in [1.29, 1.82) is 0 Å². The second-order valence-electron chi connectivity index (χ2n) is 7.38. The highest BCUT2D eigenvalue weighted by Gasteiger charge is 2.21. The molecule has 3 aromatic heterocycles. The molecular weight excluding hydrogens is 414 g/mol. The number of hydrogen-bond donors (Lipinski definition) is 1. The number of amides is 1. The fourth-order valence-corrected chi connectivity index (χ4v) is 3.85. The Morgan fingerprint density at radius 1 is 1.19 bits per heavy atom. The van der Waals surface area contributed by atoms with Gasteiger partial charge in [0.1, 0.15) is 0 Å². The van der Waals surface area contributed by atoms with Crippen LogP contribution in [0.25, 0.3) is 21.7 Å². The van der Waals surface area contributed by atoms with Crippen LogP contribution in [0, 0.1) is 6.92 Å². The van der Waals surface area contributed by atoms with Crippen molar-refractivity contribution >= 4 is 40.0 Å². The number of aryl methyl sites for hydroxylation is 1. The molecule has 4 aromatic rings. The van der Waals surface area contributed by atoms with Gasteiger partial charge in [0.2, 0.25) is 0 Å². The summed E-state index contributed by atoms with van der Waals surface area (Å²) in [6.45, 7) is 5.52. The lowest BCUT2D eigenvalue weighted by Gasteiger charge is -2.09. The average Bonchev–Trinajstić information content (AvgIpc) is 3.42. The van der Waals surface area contributed by atoms with Crippen LogP contribution < -0.4 is 5.32 Å². The molecular formula is C23H21N3O4S. The number of rotatable bonds is 6. The number of pyridine rings is 1. The Morgan fingerprint density at radius 3 is 2.65 bits per heavy atom. The van der Waals surface area contributed by atoms with Gasteiger partial charge in [-0.2, -0.15) is 0 Å². The van der Waals surface area contributed by atoms with Crippen LogP contribution in [0.2, 0.25) is 0 Å². The molecule has 0 unspecified atom stereocenters. The molecule has 0 radical (unpaired) electrons. The molecule has 3 heterocycles. The maximum absolute atomic E-state index is 12.8. The number of esters is 1. The number of thiophene rings is 1. The topological polar surface area (TPSA) is 94.3 Å². The van der Waals surface area contributed by atoms with E-state index in [1.807, 2.05) is 41.8 Å². The minimum atomic E-state index is -0.637. The number of benzene rings is 1. The molecule has 4 rings (SSSR count). The van der Waals surface area contributed by atoms with Crippen molar-refractivity contribution in [1.82, 2.24) is 10.1 Å². The van der Waals surface area contributed by atoms with Crippen LogP contribution in [-0.2, 0) is 9.53 Å². The van der Waals surface area contributed by atoms with Crippen LogP contribution in [0.4, 0.5) is 5.69 Å². The van der Waals surface area contributed by atoms with E-state index in [2.05, 4.69) is 29.3 Å². The van der Waals surface area contributed by atoms with Gasteiger partial charge in [0.25, 0.3) is 11.6 Å². The first-order valence-corrected chi connectivity index (χ1v) is 10.7. The monoisotopic (exact) mass is 435 g/mol. The molecule has 0 saturated carbocycles. The zero-order valence-corrected chi connectivity index (χ0v) is 18.2. The Hall–Kier alpha value is -3.52. The van der Waals surface area contributed by atoms with E-state index in [1.54, 1.807) is 13.0 Å². The molecule has 1 aromatic carbocycles. The normalized spacial score (nSPS) is 11.1. The Balaban J connectivity index is 1.49. The van der Waals surface area contributed by atoms with Crippen molar-refractivity contribution in [3.63, 3.8) is 0 Å². The standard InChI is InChI=1S/C23H21N3O4S/c1-13(2)15-6-8-16(9-7-15)24-20(27)12-29-23(28)17-11-18(19-5-4-10-31-19)25-22-21(17)14(3)26-30-22/h4-11,13H,12H2,1-3H3,(H,24,27). The summed E-state index contributed by atoms with van der Waals surface area (Å²) in [7, 11) is 0. The maximum Gasteiger partial charge on any atom is 0.339 e. The molecule has 158 valence electrons. The van der Waals surface area contributed by atoms with E-state index >= 15 is 0 Å². The third kappa shape index (κ3) is 4.49. The first-order valence-electron chi connectivity index (χ1n) is 9.80. The number of carbonyl (C=O) groups is 2. The van der Waals surface area contributed by atoms with Gasteiger partial charge >= 0.3 is 5.97 Å². The molecule has 0 spiro atoms. The van der Waals surface area contributed by atoms with Gasteiger partial charge in [0.05, 0.1) is 27.2 Å². The lowest BCUT2D eigenvalue weighted by atomic mass is 10.0. The van der Waals surface area contributed by atoms with E-state index in [9.17, 15) is 9.59 Å². The molecule has 31 heavy (non-hydrogen) atoms. The molecule has 0 saturated heterocycles. The Bertz CT molecular complexity index is 1230. The number of nitrogens with one attached hydrogen (secondary N) is 1. The van der Waals surface area contributed by atoms with Crippen LogP contribution >= 0.6 is 11.3 Å². The third-order valence-corrected chi connectivity index (χ3v) is 5.70. The number of carbonyl (C=O) groups excluding carboxylic acids is 2. The highest BCUT2D eigenvalue weighted by atomic mass is 32.1. The predicted molar refractivity (Wildman–Crippen MR) is 119 cm³/mol. The van der Waals surface area contributed by atoms with Crippen molar-refractivity contribution in [3.05, 3.63) is 64.7 Å². The predicted octanol–water partition coefficient (Wildman–Crippen LogP) is 5.18. The fraction of sp³-hybridized carbons (Fsp3) is 0.217. The zero-order valence-electron chi connectivity index (χ0n) is 17.3. The molecule has 0 fully saturated rings. The molecule has 0 atom stereocenters. The van der Waals surface area contributed by atoms with E-state index in [0.717, 1.165) is 4.88 Å². The quantitative estimate of drug-likeness (QED) is 0.420. The van der Waals surface area contributed by atoms with Gasteiger partial charge < -0.3 is 14.6 Å². The zero-order chi connectivity index (χ0) is 22.0. The lowest BCUT2D eigenvalue weighted by molar-refractivity contribution is -0.119. The number of aromatic nitrogens is 2. The van der Waals surface area contributed by atoms with Crippen LogP contribution in [0.5, 0.6) is 0 Å². The summed E-state index contributed by atoms with van der Waals surface area (Å²) >= 11 is 1.49. The summed E-state index contributed by atoms with van der Waals surface area (Å²) in [5.74, 6) is -0.652. The minimum absolute atomic E-state index is 0.255. The Kier molecular flexibility index (Phi) is 5.81. The number of anilines is 1. The molecule has 0 aliphatic carbocycles. The van der Waals surface area contributed by atoms with Gasteiger partial charge in [0, 0.05) is 5.69 Å². The molecule has 0 aliphatic heterocycles. The fourth-order valence-electron chi connectivity index (χ4n) is 3.16. The number of hydrogen-bond acceptors (Lipinski definition) is 7. The Labute approximate surface area is 183 Å². The van der Waals surface area contributed by atoms with Crippen molar-refractivity contribution < 1.29 is 18.8 Å². The number of nitrogens with zero attached hydrogens (tertiary/aromatic N) is 2. The van der Waals surface area contributed by atoms with Gasteiger partial charge in [-0.05, 0) is 48.1 Å². The molecule has 1 N–H and O–H groups in total. The second-order valence-corrected chi connectivity index (χ2v) is 8.33. The summed E-state index contributed by atoms with van der Waals surface area (Å²) in [4.78, 5) is 30.4. The van der Waals surface area contributed by atoms with Crippen LogP contribution in [0.15, 0.2) is 52.4 Å². The molecule has 7 nitrogen and oxygen atoms in total. The second kappa shape index (κ2) is 8.69. The van der Waals surface area contributed by atoms with E-state index in [4.69, 9.17) is 9.26 Å². The van der Waals surface area contributed by atoms with Gasteiger partial charge in [-0.15, -0.1) is 11.3 Å². The van der Waals surface area contributed by atoms with Gasteiger partial charge in [-0.3, -0.25) is 4.79 Å². The maximum atomic E-state index is 12.8. The Morgan fingerprint density at radius 2 is 1.97 bits per heavy atom. The van der Waals surface area contributed by atoms with Gasteiger partial charge in [-0.1, -0.05) is 37.2 Å². The number of ether oxygens (including phenoxy) is 1. The van der Waals surface area contributed by atoms with Crippen LogP contribution in [-0.4, -0.2) is 28.6 Å². The summed E-state index contributed by atoms with van der Waals surface area (Å²) in [6, 6.07) is 13.0. The van der Waals surface area contributed by atoms with Crippen molar-refractivity contribution in [2.75, 3.05) is 11.9 Å². The first kappa shape index (κ1) is 20.7. The smallest absolute Gasteiger partial charge is 0.339 e. The van der Waals surface area contributed by atoms with Crippen molar-refractivity contribution in [3.8, 4) is 10.6 Å². The molecule has 8 heteroatoms. The van der Waals surface area contributed by atoms with E-state index in [1.165, 1.54) is 16.9 Å². The highest BCUT2D eigenvalue weighted by molar-refractivity contribution is 7.13. The van der Waals surface area contributed by atoms with E-state index < -0.39 is 18.5 Å². The van der Waals surface area contributed by atoms with Crippen LogP contribution in [0.1, 0.15) is 41.4 Å². The third-order valence-electron chi connectivity index (χ3n) is 4.81. The lowest BCUT2D eigenvalue weighted by Crippen LogP contribution is -2.21. The SMILES string of the molecule is Cc1noc2nc(-c3cccs3)cc(C(=O)OCC(=O)Nc3ccc(C(C)C)cc3)c12. The van der Waals surface area contributed by atoms with Gasteiger partial charge in [-0.25, -0.2) is 9.78 Å². The highest BCUT2D eigenvalue weighted by Crippen LogP contribution is 2.29. The van der Waals surface area contributed by atoms with Gasteiger partial charge in [0.15, 0.2) is 6.61 Å². The van der Waals surface area contributed by atoms with Crippen molar-refractivity contribution in [2.45, 2.75) is 26.7 Å².